The van der Waals surface area contributed by atoms with Crippen molar-refractivity contribution in [3.63, 3.8) is 0 Å². The van der Waals surface area contributed by atoms with Gasteiger partial charge in [-0.25, -0.2) is 4.79 Å². The van der Waals surface area contributed by atoms with E-state index in [4.69, 9.17) is 16.7 Å². The largest absolute Gasteiger partial charge is 0.477 e. The van der Waals surface area contributed by atoms with Crippen LogP contribution in [0.2, 0.25) is 0 Å². The second-order valence-corrected chi connectivity index (χ2v) is 4.07. The molecule has 0 bridgehead atoms. The number of rotatable bonds is 4. The molecule has 0 aliphatic heterocycles. The number of carbonyl (C=O) groups is 1. The summed E-state index contributed by atoms with van der Waals surface area (Å²) in [5.74, 6) is -1.27. The monoisotopic (exact) mass is 339 g/mol. The summed E-state index contributed by atoms with van der Waals surface area (Å²) in [6, 6.07) is 7.47. The van der Waals surface area contributed by atoms with Gasteiger partial charge < -0.3 is 9.94 Å². The van der Waals surface area contributed by atoms with Gasteiger partial charge in [0.15, 0.2) is 0 Å². The quantitative estimate of drug-likeness (QED) is 0.396. The van der Waals surface area contributed by atoms with Gasteiger partial charge in [-0.3, -0.25) is 0 Å². The number of alkyl halides is 1. The lowest BCUT2D eigenvalue weighted by atomic mass is 10.2. The Morgan fingerprint density at radius 1 is 1.60 bits per heavy atom. The molecule has 0 radical (unpaired) electrons. The molecule has 15 heavy (non-hydrogen) atoms. The van der Waals surface area contributed by atoms with Gasteiger partial charge in [0.2, 0.25) is 0 Å². The van der Waals surface area contributed by atoms with E-state index < -0.39 is 11.5 Å². The summed E-state index contributed by atoms with van der Waals surface area (Å²) < 4.78 is 0.990. The lowest BCUT2D eigenvalue weighted by Gasteiger charge is -2.00. The molecule has 0 amide bonds. The summed E-state index contributed by atoms with van der Waals surface area (Å²) in [7, 11) is 0. The average Bonchev–Trinajstić information content (AvgIpc) is 2.20. The van der Waals surface area contributed by atoms with E-state index in [0.29, 0.717) is 0 Å². The van der Waals surface area contributed by atoms with Crippen molar-refractivity contribution >= 4 is 46.4 Å². The Labute approximate surface area is 105 Å². The zero-order chi connectivity index (χ0) is 11.3. The van der Waals surface area contributed by atoms with Crippen LogP contribution >= 0.6 is 34.2 Å². The Kier molecular flexibility index (Phi) is 4.83. The molecule has 0 fully saturated rings. The van der Waals surface area contributed by atoms with Crippen molar-refractivity contribution in [2.24, 2.45) is 5.16 Å². The Morgan fingerprint density at radius 2 is 2.27 bits per heavy atom. The van der Waals surface area contributed by atoms with Crippen LogP contribution in [-0.4, -0.2) is 22.9 Å². The summed E-state index contributed by atoms with van der Waals surface area (Å²) in [6.45, 7) is 0. The first kappa shape index (κ1) is 12.3. The van der Waals surface area contributed by atoms with Crippen LogP contribution in [0.1, 0.15) is 5.56 Å². The number of hydrogen-bond donors (Lipinski definition) is 1. The highest BCUT2D eigenvalue weighted by Gasteiger charge is 2.13. The van der Waals surface area contributed by atoms with Crippen LogP contribution in [0.5, 0.6) is 0 Å². The van der Waals surface area contributed by atoms with Crippen molar-refractivity contribution in [1.82, 2.24) is 0 Å². The molecule has 1 atom stereocenters. The highest BCUT2D eigenvalue weighted by Crippen LogP contribution is 2.09. The van der Waals surface area contributed by atoms with Gasteiger partial charge in [-0.2, -0.15) is 0 Å². The first-order valence-electron chi connectivity index (χ1n) is 3.92. The van der Waals surface area contributed by atoms with Crippen molar-refractivity contribution in [1.29, 1.82) is 0 Å². The number of halogens is 2. The summed E-state index contributed by atoms with van der Waals surface area (Å²) in [4.78, 5) is 14.8. The fourth-order valence-electron chi connectivity index (χ4n) is 0.766. The number of aliphatic carboxylic acids is 1. The molecule has 1 rings (SSSR count). The third-order valence-electron chi connectivity index (χ3n) is 1.44. The van der Waals surface area contributed by atoms with Gasteiger partial charge in [-0.15, -0.1) is 0 Å². The number of benzene rings is 1. The Balaban J connectivity index is 2.59. The summed E-state index contributed by atoms with van der Waals surface area (Å²) in [5.41, 5.74) is -0.616. The minimum Gasteiger partial charge on any atom is -0.477 e. The number of nitrogens with zero attached hydrogens (tertiary/aromatic N) is 1. The molecule has 0 saturated heterocycles. The maximum atomic E-state index is 10.3. The predicted octanol–water partition coefficient (Wildman–Crippen LogP) is 2.29. The van der Waals surface area contributed by atoms with Crippen LogP contribution in [0, 0.1) is 3.57 Å². The Bertz CT molecular complexity index is 383. The molecule has 1 N–H and O–H groups in total. The minimum absolute atomic E-state index is 0.840. The molecular formula is C9H7ClINO3. The molecular weight excluding hydrogens is 332 g/mol. The van der Waals surface area contributed by atoms with Crippen LogP contribution in [0.3, 0.4) is 0 Å². The fraction of sp³-hybridized carbons (Fsp3) is 0.111. The zero-order valence-corrected chi connectivity index (χ0v) is 10.3. The van der Waals surface area contributed by atoms with E-state index in [1.165, 1.54) is 6.21 Å². The SMILES string of the molecule is O=C(O)C(Cl)ON=Cc1ccccc1I. The van der Waals surface area contributed by atoms with E-state index in [0.717, 1.165) is 9.13 Å². The van der Waals surface area contributed by atoms with E-state index >= 15 is 0 Å². The fourth-order valence-corrected chi connectivity index (χ4v) is 1.34. The summed E-state index contributed by atoms with van der Waals surface area (Å²) in [6.07, 6.45) is 1.42. The molecule has 0 spiro atoms. The van der Waals surface area contributed by atoms with E-state index in [9.17, 15) is 4.79 Å². The molecule has 0 aliphatic rings. The minimum atomic E-state index is -1.46. The number of hydrogen-bond acceptors (Lipinski definition) is 3. The normalized spacial score (nSPS) is 12.7. The molecule has 4 nitrogen and oxygen atoms in total. The van der Waals surface area contributed by atoms with Gasteiger partial charge in [-0.05, 0) is 28.7 Å². The lowest BCUT2D eigenvalue weighted by Crippen LogP contribution is -2.14. The highest BCUT2D eigenvalue weighted by atomic mass is 127. The second-order valence-electron chi connectivity index (χ2n) is 2.52. The average molecular weight is 340 g/mol. The second kappa shape index (κ2) is 5.92. The first-order valence-corrected chi connectivity index (χ1v) is 5.43. The van der Waals surface area contributed by atoms with Crippen LogP contribution in [-0.2, 0) is 9.63 Å². The van der Waals surface area contributed by atoms with Gasteiger partial charge in [-0.1, -0.05) is 35.0 Å². The molecule has 0 aliphatic carbocycles. The van der Waals surface area contributed by atoms with E-state index in [1.807, 2.05) is 24.3 Å². The van der Waals surface area contributed by atoms with Crippen molar-refractivity contribution in [3.8, 4) is 0 Å². The van der Waals surface area contributed by atoms with Crippen molar-refractivity contribution in [2.75, 3.05) is 0 Å². The zero-order valence-electron chi connectivity index (χ0n) is 7.43. The maximum Gasteiger partial charge on any atom is 0.363 e. The Hall–Kier alpha value is -0.820. The van der Waals surface area contributed by atoms with E-state index in [-0.39, 0.29) is 0 Å². The molecule has 6 heteroatoms. The smallest absolute Gasteiger partial charge is 0.363 e. The molecule has 1 aromatic carbocycles. The van der Waals surface area contributed by atoms with Crippen molar-refractivity contribution < 1.29 is 14.7 Å². The van der Waals surface area contributed by atoms with Crippen molar-refractivity contribution in [3.05, 3.63) is 33.4 Å². The van der Waals surface area contributed by atoms with Crippen LogP contribution < -0.4 is 0 Å². The molecule has 80 valence electrons. The van der Waals surface area contributed by atoms with Crippen LogP contribution in [0.25, 0.3) is 0 Å². The van der Waals surface area contributed by atoms with Crippen molar-refractivity contribution in [2.45, 2.75) is 5.56 Å². The first-order chi connectivity index (χ1) is 7.11. The molecule has 1 unspecified atom stereocenters. The molecule has 1 aromatic rings. The summed E-state index contributed by atoms with van der Waals surface area (Å²) in [5, 5.41) is 11.9. The predicted molar refractivity (Wildman–Crippen MR) is 65.1 cm³/mol. The summed E-state index contributed by atoms with van der Waals surface area (Å²) >= 11 is 7.42. The Morgan fingerprint density at radius 3 is 2.87 bits per heavy atom. The third kappa shape index (κ3) is 4.05. The van der Waals surface area contributed by atoms with E-state index in [1.54, 1.807) is 0 Å². The third-order valence-corrected chi connectivity index (χ3v) is 2.69. The lowest BCUT2D eigenvalue weighted by molar-refractivity contribution is -0.144. The topological polar surface area (TPSA) is 58.9 Å². The van der Waals surface area contributed by atoms with Crippen LogP contribution in [0.4, 0.5) is 0 Å². The van der Waals surface area contributed by atoms with Crippen LogP contribution in [0.15, 0.2) is 29.4 Å². The highest BCUT2D eigenvalue weighted by molar-refractivity contribution is 14.1. The molecule has 0 aromatic heterocycles. The standard InChI is InChI=1S/C9H7ClINO3/c10-8(9(13)14)15-12-5-6-3-1-2-4-7(6)11/h1-5,8H,(H,13,14). The van der Waals surface area contributed by atoms with E-state index in [2.05, 4.69) is 32.6 Å². The van der Waals surface area contributed by atoms with Gasteiger partial charge >= 0.3 is 5.97 Å². The molecule has 0 heterocycles. The van der Waals surface area contributed by atoms with Gasteiger partial charge in [0, 0.05) is 9.13 Å². The molecule has 0 saturated carbocycles. The number of oxime groups is 1. The number of carboxylic acids is 1. The van der Waals surface area contributed by atoms with Gasteiger partial charge in [0.1, 0.15) is 0 Å². The maximum absolute atomic E-state index is 10.3. The van der Waals surface area contributed by atoms with Gasteiger partial charge in [0.25, 0.3) is 5.56 Å². The number of carboxylic acid groups (broad SMARTS) is 1. The van der Waals surface area contributed by atoms with Gasteiger partial charge in [0.05, 0.1) is 6.21 Å².